The smallest absolute Gasteiger partial charge is 0.311 e. The molecule has 0 aliphatic heterocycles. The van der Waals surface area contributed by atoms with Gasteiger partial charge in [-0.25, -0.2) is 0 Å². The van der Waals surface area contributed by atoms with E-state index in [2.05, 4.69) is 6.92 Å². The zero-order valence-corrected chi connectivity index (χ0v) is 8.60. The van der Waals surface area contributed by atoms with Gasteiger partial charge >= 0.3 is 5.97 Å². The minimum absolute atomic E-state index is 0.119. The first-order valence-corrected chi connectivity index (χ1v) is 5.50. The second-order valence-corrected chi connectivity index (χ2v) is 3.67. The van der Waals surface area contributed by atoms with E-state index in [-0.39, 0.29) is 5.97 Å². The molecule has 0 aliphatic carbocycles. The van der Waals surface area contributed by atoms with Crippen molar-refractivity contribution < 1.29 is 9.53 Å². The summed E-state index contributed by atoms with van der Waals surface area (Å²) in [6, 6.07) is 1.81. The Bertz CT molecular complexity index is 241. The van der Waals surface area contributed by atoms with E-state index in [0.29, 0.717) is 12.2 Å². The largest absolute Gasteiger partial charge is 0.426 e. The SMILES string of the molecule is CCCCCC(=O)Oc1ccsc1. The van der Waals surface area contributed by atoms with Crippen LogP contribution >= 0.6 is 11.3 Å². The average Bonchev–Trinajstić information content (AvgIpc) is 2.57. The highest BCUT2D eigenvalue weighted by atomic mass is 32.1. The van der Waals surface area contributed by atoms with Crippen molar-refractivity contribution in [1.82, 2.24) is 0 Å². The van der Waals surface area contributed by atoms with Crippen LogP contribution in [0.3, 0.4) is 0 Å². The van der Waals surface area contributed by atoms with Gasteiger partial charge in [0.1, 0.15) is 5.75 Å². The molecule has 2 nitrogen and oxygen atoms in total. The van der Waals surface area contributed by atoms with Gasteiger partial charge in [-0.05, 0) is 17.9 Å². The lowest BCUT2D eigenvalue weighted by molar-refractivity contribution is -0.134. The van der Waals surface area contributed by atoms with Gasteiger partial charge in [0.15, 0.2) is 0 Å². The molecule has 0 amide bonds. The molecule has 0 aromatic carbocycles. The van der Waals surface area contributed by atoms with Gasteiger partial charge in [-0.3, -0.25) is 4.79 Å². The van der Waals surface area contributed by atoms with Gasteiger partial charge in [0.05, 0.1) is 0 Å². The van der Waals surface area contributed by atoms with Crippen molar-refractivity contribution in [2.45, 2.75) is 32.6 Å². The fourth-order valence-corrected chi connectivity index (χ4v) is 1.56. The second kappa shape index (κ2) is 5.75. The molecule has 0 atom stereocenters. The second-order valence-electron chi connectivity index (χ2n) is 2.89. The van der Waals surface area contributed by atoms with Gasteiger partial charge in [-0.1, -0.05) is 19.8 Å². The Balaban J connectivity index is 2.18. The summed E-state index contributed by atoms with van der Waals surface area (Å²) in [4.78, 5) is 11.2. The molecule has 1 aromatic rings. The fourth-order valence-electron chi connectivity index (χ4n) is 1.01. The minimum atomic E-state index is -0.119. The summed E-state index contributed by atoms with van der Waals surface area (Å²) in [6.45, 7) is 2.12. The third kappa shape index (κ3) is 4.08. The van der Waals surface area contributed by atoms with Crippen molar-refractivity contribution >= 4 is 17.3 Å². The Hall–Kier alpha value is -0.830. The van der Waals surface area contributed by atoms with Gasteiger partial charge in [-0.15, -0.1) is 11.3 Å². The molecule has 0 aliphatic rings. The molecule has 1 aromatic heterocycles. The summed E-state index contributed by atoms with van der Waals surface area (Å²) in [7, 11) is 0. The first-order valence-electron chi connectivity index (χ1n) is 4.56. The number of unbranched alkanes of at least 4 members (excludes halogenated alkanes) is 2. The highest BCUT2D eigenvalue weighted by Gasteiger charge is 2.03. The van der Waals surface area contributed by atoms with E-state index in [1.165, 1.54) is 11.3 Å². The molecule has 3 heteroatoms. The zero-order chi connectivity index (χ0) is 9.52. The molecule has 0 spiro atoms. The Morgan fingerprint density at radius 2 is 2.38 bits per heavy atom. The van der Waals surface area contributed by atoms with Crippen molar-refractivity contribution in [3.05, 3.63) is 16.8 Å². The van der Waals surface area contributed by atoms with Crippen LogP contribution in [0.1, 0.15) is 32.6 Å². The van der Waals surface area contributed by atoms with Crippen LogP contribution in [-0.2, 0) is 4.79 Å². The standard InChI is InChI=1S/C10H14O2S/c1-2-3-4-5-10(11)12-9-6-7-13-8-9/h6-8H,2-5H2,1H3. The maximum atomic E-state index is 11.2. The Morgan fingerprint density at radius 3 is 3.00 bits per heavy atom. The van der Waals surface area contributed by atoms with Crippen LogP contribution in [0.15, 0.2) is 16.8 Å². The maximum absolute atomic E-state index is 11.2. The molecule has 1 heterocycles. The van der Waals surface area contributed by atoms with Gasteiger partial charge in [0.25, 0.3) is 0 Å². The number of hydrogen-bond donors (Lipinski definition) is 0. The molecular weight excluding hydrogens is 184 g/mol. The summed E-state index contributed by atoms with van der Waals surface area (Å²) in [6.07, 6.45) is 3.69. The van der Waals surface area contributed by atoms with Gasteiger partial charge in [-0.2, -0.15) is 0 Å². The van der Waals surface area contributed by atoms with Crippen molar-refractivity contribution in [2.75, 3.05) is 0 Å². The molecule has 13 heavy (non-hydrogen) atoms. The molecule has 0 bridgehead atoms. The molecular formula is C10H14O2S. The number of esters is 1. The Labute approximate surface area is 82.5 Å². The van der Waals surface area contributed by atoms with Crippen LogP contribution in [0.5, 0.6) is 5.75 Å². The summed E-state index contributed by atoms with van der Waals surface area (Å²) >= 11 is 1.53. The number of ether oxygens (including phenoxy) is 1. The van der Waals surface area contributed by atoms with Crippen LogP contribution in [-0.4, -0.2) is 5.97 Å². The van der Waals surface area contributed by atoms with E-state index in [0.717, 1.165) is 19.3 Å². The van der Waals surface area contributed by atoms with E-state index in [4.69, 9.17) is 4.74 Å². The van der Waals surface area contributed by atoms with E-state index in [1.807, 2.05) is 16.8 Å². The number of carbonyl (C=O) groups excluding carboxylic acids is 1. The van der Waals surface area contributed by atoms with E-state index < -0.39 is 0 Å². The lowest BCUT2D eigenvalue weighted by Crippen LogP contribution is -2.06. The fraction of sp³-hybridized carbons (Fsp3) is 0.500. The van der Waals surface area contributed by atoms with Crippen LogP contribution < -0.4 is 4.74 Å². The van der Waals surface area contributed by atoms with Crippen LogP contribution in [0.25, 0.3) is 0 Å². The molecule has 0 saturated carbocycles. The first-order chi connectivity index (χ1) is 6.33. The van der Waals surface area contributed by atoms with Crippen LogP contribution in [0.4, 0.5) is 0 Å². The third-order valence-corrected chi connectivity index (χ3v) is 2.37. The first kappa shape index (κ1) is 10.3. The molecule has 1 rings (SSSR count). The summed E-state index contributed by atoms with van der Waals surface area (Å²) < 4.78 is 5.07. The van der Waals surface area contributed by atoms with Crippen molar-refractivity contribution in [2.24, 2.45) is 0 Å². The quantitative estimate of drug-likeness (QED) is 0.536. The van der Waals surface area contributed by atoms with Crippen LogP contribution in [0, 0.1) is 0 Å². The maximum Gasteiger partial charge on any atom is 0.311 e. The van der Waals surface area contributed by atoms with Crippen molar-refractivity contribution in [3.8, 4) is 5.75 Å². The number of thiophene rings is 1. The lowest BCUT2D eigenvalue weighted by Gasteiger charge is -2.00. The van der Waals surface area contributed by atoms with Gasteiger partial charge in [0, 0.05) is 11.8 Å². The molecule has 0 radical (unpaired) electrons. The van der Waals surface area contributed by atoms with Gasteiger partial charge in [0.2, 0.25) is 0 Å². The zero-order valence-electron chi connectivity index (χ0n) is 7.79. The Morgan fingerprint density at radius 1 is 1.54 bits per heavy atom. The van der Waals surface area contributed by atoms with Crippen molar-refractivity contribution in [1.29, 1.82) is 0 Å². The molecule has 0 unspecified atom stereocenters. The summed E-state index contributed by atoms with van der Waals surface area (Å²) in [5, 5.41) is 3.73. The summed E-state index contributed by atoms with van der Waals surface area (Å²) in [5.74, 6) is 0.554. The normalized spacial score (nSPS) is 9.92. The average molecular weight is 198 g/mol. The lowest BCUT2D eigenvalue weighted by atomic mass is 10.2. The van der Waals surface area contributed by atoms with Crippen molar-refractivity contribution in [3.63, 3.8) is 0 Å². The topological polar surface area (TPSA) is 26.3 Å². The van der Waals surface area contributed by atoms with Gasteiger partial charge < -0.3 is 4.74 Å². The van der Waals surface area contributed by atoms with E-state index in [9.17, 15) is 4.79 Å². The number of rotatable bonds is 5. The van der Waals surface area contributed by atoms with E-state index >= 15 is 0 Å². The number of carbonyl (C=O) groups is 1. The summed E-state index contributed by atoms with van der Waals surface area (Å²) in [5.41, 5.74) is 0. The van der Waals surface area contributed by atoms with E-state index in [1.54, 1.807) is 0 Å². The molecule has 0 fully saturated rings. The van der Waals surface area contributed by atoms with Crippen LogP contribution in [0.2, 0.25) is 0 Å². The predicted octanol–water partition coefficient (Wildman–Crippen LogP) is 3.23. The monoisotopic (exact) mass is 198 g/mol. The minimum Gasteiger partial charge on any atom is -0.426 e. The molecule has 72 valence electrons. The number of hydrogen-bond acceptors (Lipinski definition) is 3. The predicted molar refractivity (Wildman–Crippen MR) is 54.1 cm³/mol. The third-order valence-electron chi connectivity index (χ3n) is 1.71. The Kier molecular flexibility index (Phi) is 4.54. The highest BCUT2D eigenvalue weighted by Crippen LogP contribution is 2.15. The highest BCUT2D eigenvalue weighted by molar-refractivity contribution is 7.08. The molecule has 0 N–H and O–H groups in total. The molecule has 0 saturated heterocycles.